The number of aryl methyl sites for hydroxylation is 1. The summed E-state index contributed by atoms with van der Waals surface area (Å²) in [6.07, 6.45) is -0.397. The van der Waals surface area contributed by atoms with Crippen LogP contribution in [0.15, 0.2) is 27.8 Å². The van der Waals surface area contributed by atoms with Crippen molar-refractivity contribution in [1.29, 1.82) is 5.26 Å². The van der Waals surface area contributed by atoms with Gasteiger partial charge in [0.2, 0.25) is 0 Å². The van der Waals surface area contributed by atoms with Gasteiger partial charge in [-0.05, 0) is 64.3 Å². The highest BCUT2D eigenvalue weighted by molar-refractivity contribution is 7.19. The lowest BCUT2D eigenvalue weighted by molar-refractivity contribution is -0.139. The molecule has 0 radical (unpaired) electrons. The van der Waals surface area contributed by atoms with Crippen molar-refractivity contribution in [3.8, 4) is 11.8 Å². The minimum atomic E-state index is -1.39. The first-order valence-electron chi connectivity index (χ1n) is 13.0. The van der Waals surface area contributed by atoms with Gasteiger partial charge in [0.05, 0.1) is 36.6 Å². The number of nitrogens with zero attached hydrogens (tertiary/aromatic N) is 3. The van der Waals surface area contributed by atoms with Gasteiger partial charge in [0.1, 0.15) is 33.4 Å². The summed E-state index contributed by atoms with van der Waals surface area (Å²) in [6, 6.07) is 6.17. The molecule has 0 aliphatic carbocycles. The van der Waals surface area contributed by atoms with Crippen molar-refractivity contribution in [3.63, 3.8) is 0 Å². The highest BCUT2D eigenvalue weighted by Crippen LogP contribution is 2.35. The third-order valence-corrected chi connectivity index (χ3v) is 8.21. The highest BCUT2D eigenvalue weighted by atomic mass is 32.1. The molecule has 2 aromatic heterocycles. The van der Waals surface area contributed by atoms with Crippen LogP contribution >= 0.6 is 11.3 Å². The number of hydrogen-bond donors (Lipinski definition) is 1. The second-order valence-corrected chi connectivity index (χ2v) is 11.3. The fourth-order valence-electron chi connectivity index (χ4n) is 5.08. The van der Waals surface area contributed by atoms with Gasteiger partial charge in [-0.2, -0.15) is 5.26 Å². The monoisotopic (exact) mass is 573 g/mol. The summed E-state index contributed by atoms with van der Waals surface area (Å²) in [6.45, 7) is 7.60. The molecule has 0 bridgehead atoms. The van der Waals surface area contributed by atoms with Crippen LogP contribution in [0.1, 0.15) is 62.1 Å². The number of aromatic nitrogens is 2. The first-order chi connectivity index (χ1) is 19.0. The van der Waals surface area contributed by atoms with Gasteiger partial charge < -0.3 is 19.3 Å². The maximum Gasteiger partial charge on any atom is 0.332 e. The summed E-state index contributed by atoms with van der Waals surface area (Å²) in [5, 5.41) is 19.4. The fourth-order valence-corrected chi connectivity index (χ4v) is 6.18. The number of carboxylic acid groups (broad SMARTS) is 1. The first-order valence-corrected chi connectivity index (χ1v) is 13.9. The molecule has 1 fully saturated rings. The summed E-state index contributed by atoms with van der Waals surface area (Å²) < 4.78 is 34.5. The smallest absolute Gasteiger partial charge is 0.332 e. The topological polar surface area (TPSA) is 133 Å². The quantitative estimate of drug-likeness (QED) is 0.384. The van der Waals surface area contributed by atoms with Crippen LogP contribution in [0.5, 0.6) is 5.75 Å². The van der Waals surface area contributed by atoms with Gasteiger partial charge in [-0.15, -0.1) is 11.3 Å². The second-order valence-electron chi connectivity index (χ2n) is 10.3. The minimum Gasteiger partial charge on any atom is -0.493 e. The van der Waals surface area contributed by atoms with E-state index in [0.717, 1.165) is 15.9 Å². The van der Waals surface area contributed by atoms with Crippen LogP contribution < -0.4 is 16.0 Å². The molecular formula is C28H32FN3O7S. The van der Waals surface area contributed by atoms with E-state index in [-0.39, 0.29) is 27.7 Å². The fraction of sp³-hybridized carbons (Fsp3) is 0.500. The molecule has 4 rings (SSSR count). The number of thiophene rings is 1. The largest absolute Gasteiger partial charge is 0.493 e. The number of halogens is 1. The standard InChI is InChI=1S/C28H32FN3O7S/c1-5-38-20-7-6-17(29)12-19(20)21(39-18-8-10-37-11-9-18)15-31-26-24(16(2)22(14-30)40-26)25(35)32(27(31)36)28(3,4)13-23(33)34/h6-7,12,18,21H,5,8-11,13,15H2,1-4H3,(H,33,34)/t21-/m0/s1. The van der Waals surface area contributed by atoms with Gasteiger partial charge in [-0.25, -0.2) is 9.18 Å². The van der Waals surface area contributed by atoms with Gasteiger partial charge >= 0.3 is 11.7 Å². The van der Waals surface area contributed by atoms with Crippen molar-refractivity contribution in [2.45, 2.75) is 71.2 Å². The normalized spacial score (nSPS) is 15.2. The van der Waals surface area contributed by atoms with Crippen molar-refractivity contribution in [1.82, 2.24) is 9.13 Å². The summed E-state index contributed by atoms with van der Waals surface area (Å²) >= 11 is 1.00. The van der Waals surface area contributed by atoms with E-state index in [4.69, 9.17) is 14.2 Å². The Bertz CT molecular complexity index is 1580. The molecule has 0 amide bonds. The molecule has 40 heavy (non-hydrogen) atoms. The predicted molar refractivity (Wildman–Crippen MR) is 147 cm³/mol. The van der Waals surface area contributed by atoms with Crippen molar-refractivity contribution >= 4 is 27.5 Å². The number of ether oxygens (including phenoxy) is 3. The van der Waals surface area contributed by atoms with E-state index >= 15 is 0 Å². The Morgan fingerprint density at radius 2 is 2.02 bits per heavy atom. The van der Waals surface area contributed by atoms with E-state index in [1.54, 1.807) is 13.8 Å². The van der Waals surface area contributed by atoms with Gasteiger partial charge in [0.15, 0.2) is 0 Å². The molecule has 12 heteroatoms. The minimum absolute atomic E-state index is 0.134. The number of carbonyl (C=O) groups is 1. The third kappa shape index (κ3) is 5.82. The number of nitriles is 1. The number of benzene rings is 1. The third-order valence-electron chi connectivity index (χ3n) is 7.00. The number of fused-ring (bicyclic) bond motifs is 1. The van der Waals surface area contributed by atoms with E-state index in [1.807, 2.05) is 0 Å². The summed E-state index contributed by atoms with van der Waals surface area (Å²) in [5.41, 5.74) is -2.00. The zero-order valence-electron chi connectivity index (χ0n) is 22.9. The molecule has 214 valence electrons. The SMILES string of the molecule is CCOc1ccc(F)cc1[C@H](Cn1c(=O)n(C(C)(C)CC(=O)O)c(=O)c2c(C)c(C#N)sc21)OC1CCOCC1. The maximum absolute atomic E-state index is 14.6. The average Bonchev–Trinajstić information content (AvgIpc) is 3.23. The lowest BCUT2D eigenvalue weighted by Crippen LogP contribution is -2.50. The van der Waals surface area contributed by atoms with E-state index in [9.17, 15) is 29.1 Å². The Kier molecular flexibility index (Phi) is 8.77. The van der Waals surface area contributed by atoms with Gasteiger partial charge in [0.25, 0.3) is 5.56 Å². The molecule has 0 saturated carbocycles. The Balaban J connectivity index is 1.97. The number of aliphatic carboxylic acids is 1. The molecule has 1 aliphatic heterocycles. The van der Waals surface area contributed by atoms with Crippen LogP contribution in [0.4, 0.5) is 4.39 Å². The van der Waals surface area contributed by atoms with Crippen LogP contribution in [0.3, 0.4) is 0 Å². The average molecular weight is 574 g/mol. The maximum atomic E-state index is 14.6. The van der Waals surface area contributed by atoms with Crippen molar-refractivity contribution < 1.29 is 28.5 Å². The summed E-state index contributed by atoms with van der Waals surface area (Å²) in [7, 11) is 0. The van der Waals surface area contributed by atoms with Crippen LogP contribution in [-0.4, -0.2) is 46.1 Å². The molecule has 3 heterocycles. The van der Waals surface area contributed by atoms with E-state index in [0.29, 0.717) is 49.5 Å². The Labute approximate surface area is 234 Å². The van der Waals surface area contributed by atoms with Crippen molar-refractivity contribution in [2.75, 3.05) is 19.8 Å². The van der Waals surface area contributed by atoms with E-state index < -0.39 is 41.1 Å². The first kappa shape index (κ1) is 29.5. The second kappa shape index (κ2) is 11.9. The molecule has 3 aromatic rings. The summed E-state index contributed by atoms with van der Waals surface area (Å²) in [4.78, 5) is 39.9. The molecule has 0 spiro atoms. The van der Waals surface area contributed by atoms with E-state index in [1.165, 1.54) is 36.6 Å². The van der Waals surface area contributed by atoms with Gasteiger partial charge in [-0.3, -0.25) is 18.7 Å². The predicted octanol–water partition coefficient (Wildman–Crippen LogP) is 4.09. The molecule has 1 atom stereocenters. The molecule has 1 aliphatic rings. The van der Waals surface area contributed by atoms with Gasteiger partial charge in [-0.1, -0.05) is 0 Å². The van der Waals surface area contributed by atoms with Crippen LogP contribution in [0.25, 0.3) is 10.2 Å². The van der Waals surface area contributed by atoms with Crippen LogP contribution in [0.2, 0.25) is 0 Å². The lowest BCUT2D eigenvalue weighted by Gasteiger charge is -2.30. The Morgan fingerprint density at radius 3 is 2.65 bits per heavy atom. The summed E-state index contributed by atoms with van der Waals surface area (Å²) in [5.74, 6) is -1.29. The highest BCUT2D eigenvalue weighted by Gasteiger charge is 2.33. The zero-order chi connectivity index (χ0) is 29.2. The Hall–Kier alpha value is -3.53. The molecule has 0 unspecified atom stereocenters. The van der Waals surface area contributed by atoms with Crippen molar-refractivity contribution in [3.05, 3.63) is 60.9 Å². The zero-order valence-corrected chi connectivity index (χ0v) is 23.7. The molecule has 1 saturated heterocycles. The van der Waals surface area contributed by atoms with Crippen molar-refractivity contribution in [2.24, 2.45) is 0 Å². The Morgan fingerprint density at radius 1 is 1.32 bits per heavy atom. The van der Waals surface area contributed by atoms with Crippen LogP contribution in [-0.2, 0) is 26.4 Å². The number of rotatable bonds is 10. The molecule has 1 N–H and O–H groups in total. The van der Waals surface area contributed by atoms with E-state index in [2.05, 4.69) is 6.07 Å². The molecule has 1 aromatic carbocycles. The lowest BCUT2D eigenvalue weighted by atomic mass is 10.00. The van der Waals surface area contributed by atoms with Gasteiger partial charge in [0, 0.05) is 18.8 Å². The van der Waals surface area contributed by atoms with Crippen LogP contribution in [0, 0.1) is 24.1 Å². The molecule has 10 nitrogen and oxygen atoms in total. The molecular weight excluding hydrogens is 541 g/mol. The number of carboxylic acids is 1. The number of hydrogen-bond acceptors (Lipinski definition) is 8.